The van der Waals surface area contributed by atoms with E-state index in [9.17, 15) is 9.50 Å². The number of benzene rings is 1. The average Bonchev–Trinajstić information content (AvgIpc) is 2.96. The smallest absolute Gasteiger partial charge is 0.233 e. The highest BCUT2D eigenvalue weighted by Gasteiger charge is 2.15. The quantitative estimate of drug-likeness (QED) is 0.277. The molecular weight excluding hydrogens is 385 g/mol. The van der Waals surface area contributed by atoms with Crippen LogP contribution < -0.4 is 16.0 Å². The number of hydrogen-bond acceptors (Lipinski definition) is 8. The molecule has 0 spiro atoms. The maximum Gasteiger partial charge on any atom is 0.233 e. The van der Waals surface area contributed by atoms with E-state index in [0.717, 1.165) is 32.4 Å². The highest BCUT2D eigenvalue weighted by molar-refractivity contribution is 5.57. The van der Waals surface area contributed by atoms with Crippen molar-refractivity contribution < 1.29 is 9.50 Å². The third kappa shape index (κ3) is 6.98. The van der Waals surface area contributed by atoms with Gasteiger partial charge in [0, 0.05) is 24.3 Å². The Bertz CT molecular complexity index is 810. The molecule has 1 heterocycles. The number of phenolic OH excluding ortho intramolecular Hbond substituents is 1. The summed E-state index contributed by atoms with van der Waals surface area (Å²) in [5, 5.41) is 19.1. The van der Waals surface area contributed by atoms with Crippen LogP contribution in [0.3, 0.4) is 0 Å². The summed E-state index contributed by atoms with van der Waals surface area (Å²) in [6.07, 6.45) is 8.11. The Morgan fingerprint density at radius 1 is 1.03 bits per heavy atom. The SMILES string of the molecule is CN(C)CCCNc1nc(Nc2ccc(O)c(F)c2)nc(NC2CCCCCC2)n1. The summed E-state index contributed by atoms with van der Waals surface area (Å²) in [6.45, 7) is 1.70. The molecule has 8 nitrogen and oxygen atoms in total. The van der Waals surface area contributed by atoms with Crippen LogP contribution in [0.5, 0.6) is 5.75 Å². The Labute approximate surface area is 177 Å². The molecule has 2 aromatic rings. The van der Waals surface area contributed by atoms with Gasteiger partial charge < -0.3 is 26.0 Å². The number of rotatable bonds is 9. The fraction of sp³-hybridized carbons (Fsp3) is 0.571. The molecule has 1 fully saturated rings. The summed E-state index contributed by atoms with van der Waals surface area (Å²) in [4.78, 5) is 15.6. The van der Waals surface area contributed by atoms with Gasteiger partial charge in [0.2, 0.25) is 17.8 Å². The van der Waals surface area contributed by atoms with E-state index in [-0.39, 0.29) is 0 Å². The summed E-state index contributed by atoms with van der Waals surface area (Å²) < 4.78 is 13.7. The lowest BCUT2D eigenvalue weighted by molar-refractivity contribution is 0.405. The molecule has 0 bridgehead atoms. The number of nitrogens with zero attached hydrogens (tertiary/aromatic N) is 4. The normalized spacial score (nSPS) is 15.1. The van der Waals surface area contributed by atoms with Crippen LogP contribution in [0.15, 0.2) is 18.2 Å². The molecule has 1 aliphatic carbocycles. The Balaban J connectivity index is 1.74. The minimum Gasteiger partial charge on any atom is -0.505 e. The van der Waals surface area contributed by atoms with Gasteiger partial charge in [-0.2, -0.15) is 15.0 Å². The second-order valence-electron chi connectivity index (χ2n) is 8.01. The molecule has 164 valence electrons. The number of nitrogens with one attached hydrogen (secondary N) is 3. The van der Waals surface area contributed by atoms with Gasteiger partial charge in [-0.15, -0.1) is 0 Å². The summed E-state index contributed by atoms with van der Waals surface area (Å²) in [6, 6.07) is 4.42. The summed E-state index contributed by atoms with van der Waals surface area (Å²) >= 11 is 0. The molecule has 1 saturated carbocycles. The minimum atomic E-state index is -0.701. The Hall–Kier alpha value is -2.68. The lowest BCUT2D eigenvalue weighted by Gasteiger charge is -2.17. The van der Waals surface area contributed by atoms with Crippen LogP contribution in [0.1, 0.15) is 44.9 Å². The second kappa shape index (κ2) is 10.9. The molecule has 9 heteroatoms. The van der Waals surface area contributed by atoms with Crippen LogP contribution in [0, 0.1) is 5.82 Å². The molecule has 4 N–H and O–H groups in total. The first kappa shape index (κ1) is 22.0. The van der Waals surface area contributed by atoms with Gasteiger partial charge in [-0.3, -0.25) is 0 Å². The van der Waals surface area contributed by atoms with Gasteiger partial charge in [0.05, 0.1) is 0 Å². The lowest BCUT2D eigenvalue weighted by Crippen LogP contribution is -2.21. The highest BCUT2D eigenvalue weighted by atomic mass is 19.1. The predicted molar refractivity (Wildman–Crippen MR) is 118 cm³/mol. The van der Waals surface area contributed by atoms with Crippen molar-refractivity contribution in [3.05, 3.63) is 24.0 Å². The molecule has 1 aromatic carbocycles. The van der Waals surface area contributed by atoms with Gasteiger partial charge in [-0.05, 0) is 52.0 Å². The third-order valence-electron chi connectivity index (χ3n) is 5.09. The van der Waals surface area contributed by atoms with E-state index in [1.807, 2.05) is 14.1 Å². The van der Waals surface area contributed by atoms with Crippen LogP contribution in [0.2, 0.25) is 0 Å². The van der Waals surface area contributed by atoms with Crippen LogP contribution in [-0.2, 0) is 0 Å². The number of hydrogen-bond donors (Lipinski definition) is 4. The molecule has 0 unspecified atom stereocenters. The molecule has 0 aliphatic heterocycles. The maximum atomic E-state index is 13.7. The molecule has 1 aliphatic rings. The standard InChI is InChI=1S/C21H32FN7O/c1-29(2)13-7-12-23-19-26-20(24-15-8-5-3-4-6-9-15)28-21(27-19)25-16-10-11-18(30)17(22)14-16/h10-11,14-15,30H,3-9,12-13H2,1-2H3,(H3,23,24,25,26,27,28). The maximum absolute atomic E-state index is 13.7. The van der Waals surface area contributed by atoms with E-state index in [1.165, 1.54) is 37.8 Å². The first-order chi connectivity index (χ1) is 14.5. The molecule has 0 atom stereocenters. The zero-order valence-corrected chi connectivity index (χ0v) is 17.8. The Morgan fingerprint density at radius 3 is 2.43 bits per heavy atom. The topological polar surface area (TPSA) is 98.2 Å². The zero-order chi connectivity index (χ0) is 21.3. The van der Waals surface area contributed by atoms with E-state index in [2.05, 4.69) is 35.8 Å². The van der Waals surface area contributed by atoms with Gasteiger partial charge >= 0.3 is 0 Å². The van der Waals surface area contributed by atoms with E-state index in [0.29, 0.717) is 29.6 Å². The van der Waals surface area contributed by atoms with Crippen molar-refractivity contribution >= 4 is 23.5 Å². The summed E-state index contributed by atoms with van der Waals surface area (Å²) in [7, 11) is 4.08. The number of anilines is 4. The van der Waals surface area contributed by atoms with E-state index >= 15 is 0 Å². The molecular formula is C21H32FN7O. The molecule has 1 aromatic heterocycles. The van der Waals surface area contributed by atoms with Gasteiger partial charge in [-0.1, -0.05) is 25.7 Å². The third-order valence-corrected chi connectivity index (χ3v) is 5.09. The summed E-state index contributed by atoms with van der Waals surface area (Å²) in [5.74, 6) is 0.208. The van der Waals surface area contributed by atoms with Gasteiger partial charge in [0.15, 0.2) is 11.6 Å². The average molecular weight is 418 g/mol. The van der Waals surface area contributed by atoms with Crippen molar-refractivity contribution in [2.75, 3.05) is 43.1 Å². The number of phenols is 1. The zero-order valence-electron chi connectivity index (χ0n) is 17.8. The highest BCUT2D eigenvalue weighted by Crippen LogP contribution is 2.24. The largest absolute Gasteiger partial charge is 0.505 e. The molecule has 0 saturated heterocycles. The second-order valence-corrected chi connectivity index (χ2v) is 8.01. The van der Waals surface area contributed by atoms with Crippen molar-refractivity contribution in [1.29, 1.82) is 0 Å². The van der Waals surface area contributed by atoms with E-state index < -0.39 is 11.6 Å². The van der Waals surface area contributed by atoms with Crippen LogP contribution in [0.25, 0.3) is 0 Å². The van der Waals surface area contributed by atoms with Gasteiger partial charge in [-0.25, -0.2) is 4.39 Å². The Morgan fingerprint density at radius 2 is 1.73 bits per heavy atom. The van der Waals surface area contributed by atoms with Crippen LogP contribution in [-0.4, -0.2) is 58.2 Å². The van der Waals surface area contributed by atoms with E-state index in [1.54, 1.807) is 6.07 Å². The molecule has 3 rings (SSSR count). The fourth-order valence-electron chi connectivity index (χ4n) is 3.49. The lowest BCUT2D eigenvalue weighted by atomic mass is 10.1. The van der Waals surface area contributed by atoms with Crippen molar-refractivity contribution in [3.8, 4) is 5.75 Å². The number of halogens is 1. The van der Waals surface area contributed by atoms with Crippen molar-refractivity contribution in [2.24, 2.45) is 0 Å². The van der Waals surface area contributed by atoms with Crippen LogP contribution in [0.4, 0.5) is 27.9 Å². The van der Waals surface area contributed by atoms with Gasteiger partial charge in [0.1, 0.15) is 0 Å². The minimum absolute atomic E-state index is 0.321. The summed E-state index contributed by atoms with van der Waals surface area (Å²) in [5.41, 5.74) is 0.454. The van der Waals surface area contributed by atoms with Crippen molar-refractivity contribution in [1.82, 2.24) is 19.9 Å². The van der Waals surface area contributed by atoms with Crippen molar-refractivity contribution in [2.45, 2.75) is 51.0 Å². The predicted octanol–water partition coefficient (Wildman–Crippen LogP) is 3.96. The molecule has 30 heavy (non-hydrogen) atoms. The monoisotopic (exact) mass is 417 g/mol. The Kier molecular flexibility index (Phi) is 8.01. The first-order valence-corrected chi connectivity index (χ1v) is 10.7. The number of aromatic hydroxyl groups is 1. The molecule has 0 amide bonds. The van der Waals surface area contributed by atoms with Crippen LogP contribution >= 0.6 is 0 Å². The van der Waals surface area contributed by atoms with E-state index in [4.69, 9.17) is 0 Å². The number of aromatic nitrogens is 3. The van der Waals surface area contributed by atoms with Gasteiger partial charge in [0.25, 0.3) is 0 Å². The first-order valence-electron chi connectivity index (χ1n) is 10.7. The molecule has 0 radical (unpaired) electrons. The fourth-order valence-corrected chi connectivity index (χ4v) is 3.49. The van der Waals surface area contributed by atoms with Crippen molar-refractivity contribution in [3.63, 3.8) is 0 Å².